The minimum atomic E-state index is -0.696. The lowest BCUT2D eigenvalue weighted by molar-refractivity contribution is -0.383. The number of nitro groups is 1. The molecule has 0 spiro atoms. The van der Waals surface area contributed by atoms with E-state index in [1.54, 1.807) is 0 Å². The van der Waals surface area contributed by atoms with E-state index in [2.05, 4.69) is 5.32 Å². The number of nitrogen functional groups attached to an aromatic ring is 1. The van der Waals surface area contributed by atoms with Gasteiger partial charge in [-0.25, -0.2) is 4.79 Å². The van der Waals surface area contributed by atoms with Gasteiger partial charge in [0.05, 0.1) is 10.6 Å². The van der Waals surface area contributed by atoms with E-state index >= 15 is 0 Å². The van der Waals surface area contributed by atoms with Gasteiger partial charge >= 0.3 is 6.09 Å². The molecule has 0 aliphatic carbocycles. The van der Waals surface area contributed by atoms with Crippen LogP contribution in [0.2, 0.25) is 0 Å². The molecule has 1 amide bonds. The lowest BCUT2D eigenvalue weighted by atomic mass is 10.2. The Labute approximate surface area is 120 Å². The molecular weight excluding hydrogens is 274 g/mol. The first kappa shape index (κ1) is 14.3. The van der Waals surface area contributed by atoms with E-state index in [0.29, 0.717) is 0 Å². The summed E-state index contributed by atoms with van der Waals surface area (Å²) in [6.07, 6.45) is -0.696. The summed E-state index contributed by atoms with van der Waals surface area (Å²) >= 11 is 0. The zero-order valence-corrected chi connectivity index (χ0v) is 11.0. The van der Waals surface area contributed by atoms with Gasteiger partial charge < -0.3 is 10.5 Å². The highest BCUT2D eigenvalue weighted by Gasteiger charge is 2.13. The number of nitrogens with two attached hydrogens (primary N) is 1. The maximum absolute atomic E-state index is 11.6. The van der Waals surface area contributed by atoms with Crippen LogP contribution in [0.15, 0.2) is 48.5 Å². The summed E-state index contributed by atoms with van der Waals surface area (Å²) in [4.78, 5) is 21.8. The molecular formula is C14H13N3O4. The summed E-state index contributed by atoms with van der Waals surface area (Å²) in [6, 6.07) is 13.2. The van der Waals surface area contributed by atoms with Gasteiger partial charge in [0.2, 0.25) is 0 Å². The summed E-state index contributed by atoms with van der Waals surface area (Å²) in [7, 11) is 0. The molecule has 108 valence electrons. The molecule has 3 N–H and O–H groups in total. The monoisotopic (exact) mass is 287 g/mol. The van der Waals surface area contributed by atoms with Crippen molar-refractivity contribution >= 4 is 23.2 Å². The van der Waals surface area contributed by atoms with Gasteiger partial charge in [-0.1, -0.05) is 30.3 Å². The van der Waals surface area contributed by atoms with Crippen molar-refractivity contribution in [2.24, 2.45) is 0 Å². The minimum absolute atomic E-state index is 0.0307. The van der Waals surface area contributed by atoms with E-state index in [0.717, 1.165) is 5.56 Å². The van der Waals surface area contributed by atoms with E-state index in [-0.39, 0.29) is 23.7 Å². The Balaban J connectivity index is 1.97. The van der Waals surface area contributed by atoms with Gasteiger partial charge in [-0.2, -0.15) is 0 Å². The lowest BCUT2D eigenvalue weighted by Crippen LogP contribution is -2.13. The van der Waals surface area contributed by atoms with Crippen molar-refractivity contribution < 1.29 is 14.5 Å². The molecule has 0 saturated heterocycles. The summed E-state index contributed by atoms with van der Waals surface area (Å²) in [5.74, 6) is 0. The molecule has 21 heavy (non-hydrogen) atoms. The van der Waals surface area contributed by atoms with Crippen LogP contribution in [-0.4, -0.2) is 11.0 Å². The zero-order chi connectivity index (χ0) is 15.2. The standard InChI is InChI=1S/C14H13N3O4/c15-12-7-6-11(8-13(12)17(19)20)16-14(18)21-9-10-4-2-1-3-5-10/h1-8H,9,15H2,(H,16,18). The van der Waals surface area contributed by atoms with Crippen molar-refractivity contribution in [2.45, 2.75) is 6.61 Å². The number of benzene rings is 2. The van der Waals surface area contributed by atoms with Gasteiger partial charge in [0.25, 0.3) is 5.69 Å². The van der Waals surface area contributed by atoms with E-state index in [1.807, 2.05) is 30.3 Å². The van der Waals surface area contributed by atoms with E-state index in [9.17, 15) is 14.9 Å². The van der Waals surface area contributed by atoms with Crippen LogP contribution in [0, 0.1) is 10.1 Å². The topological polar surface area (TPSA) is 107 Å². The molecule has 0 atom stereocenters. The number of hydrogen-bond acceptors (Lipinski definition) is 5. The molecule has 0 radical (unpaired) electrons. The molecule has 0 unspecified atom stereocenters. The molecule has 0 saturated carbocycles. The lowest BCUT2D eigenvalue weighted by Gasteiger charge is -2.07. The number of hydrogen-bond donors (Lipinski definition) is 2. The first-order valence-electron chi connectivity index (χ1n) is 6.08. The summed E-state index contributed by atoms with van der Waals surface area (Å²) in [6.45, 7) is 0.115. The van der Waals surface area contributed by atoms with Gasteiger partial charge in [0.15, 0.2) is 0 Å². The highest BCUT2D eigenvalue weighted by molar-refractivity contribution is 5.86. The predicted molar refractivity (Wildman–Crippen MR) is 77.8 cm³/mol. The van der Waals surface area contributed by atoms with Crippen LogP contribution < -0.4 is 11.1 Å². The van der Waals surface area contributed by atoms with Crippen LogP contribution in [0.1, 0.15) is 5.56 Å². The Bertz CT molecular complexity index is 659. The first-order valence-corrected chi connectivity index (χ1v) is 6.08. The second-order valence-electron chi connectivity index (χ2n) is 4.22. The van der Waals surface area contributed by atoms with Crippen LogP contribution >= 0.6 is 0 Å². The zero-order valence-electron chi connectivity index (χ0n) is 11.0. The third-order valence-electron chi connectivity index (χ3n) is 2.69. The molecule has 0 aliphatic rings. The smallest absolute Gasteiger partial charge is 0.411 e. The summed E-state index contributed by atoms with van der Waals surface area (Å²) in [5, 5.41) is 13.2. The van der Waals surface area contributed by atoms with Crippen molar-refractivity contribution in [1.29, 1.82) is 0 Å². The first-order chi connectivity index (χ1) is 10.1. The van der Waals surface area contributed by atoms with Crippen molar-refractivity contribution in [2.75, 3.05) is 11.1 Å². The Morgan fingerprint density at radius 1 is 1.24 bits per heavy atom. The largest absolute Gasteiger partial charge is 0.444 e. The Kier molecular flexibility index (Phi) is 4.35. The number of carbonyl (C=O) groups excluding carboxylic acids is 1. The maximum atomic E-state index is 11.6. The number of anilines is 2. The quantitative estimate of drug-likeness (QED) is 0.510. The average Bonchev–Trinajstić information content (AvgIpc) is 2.48. The third-order valence-corrected chi connectivity index (χ3v) is 2.69. The Morgan fingerprint density at radius 2 is 1.95 bits per heavy atom. The second-order valence-corrected chi connectivity index (χ2v) is 4.22. The van der Waals surface area contributed by atoms with Crippen molar-refractivity contribution in [3.05, 3.63) is 64.2 Å². The molecule has 2 aromatic rings. The predicted octanol–water partition coefficient (Wildman–Crippen LogP) is 2.93. The average molecular weight is 287 g/mol. The van der Waals surface area contributed by atoms with Gasteiger partial charge in [0.1, 0.15) is 12.3 Å². The highest BCUT2D eigenvalue weighted by Crippen LogP contribution is 2.25. The van der Waals surface area contributed by atoms with Gasteiger partial charge in [0, 0.05) is 6.07 Å². The van der Waals surface area contributed by atoms with Crippen LogP contribution in [0.3, 0.4) is 0 Å². The molecule has 7 nitrogen and oxygen atoms in total. The summed E-state index contributed by atoms with van der Waals surface area (Å²) < 4.78 is 5.01. The summed E-state index contributed by atoms with van der Waals surface area (Å²) in [5.41, 5.74) is 6.32. The fourth-order valence-corrected chi connectivity index (χ4v) is 1.66. The van der Waals surface area contributed by atoms with Crippen molar-refractivity contribution in [3.8, 4) is 0 Å². The fraction of sp³-hybridized carbons (Fsp3) is 0.0714. The Morgan fingerprint density at radius 3 is 2.62 bits per heavy atom. The maximum Gasteiger partial charge on any atom is 0.411 e. The normalized spacial score (nSPS) is 9.90. The van der Waals surface area contributed by atoms with Gasteiger partial charge in [-0.3, -0.25) is 15.4 Å². The van der Waals surface area contributed by atoms with Gasteiger partial charge in [-0.05, 0) is 17.7 Å². The van der Waals surface area contributed by atoms with E-state index < -0.39 is 11.0 Å². The van der Waals surface area contributed by atoms with Crippen molar-refractivity contribution in [1.82, 2.24) is 0 Å². The molecule has 0 fully saturated rings. The third kappa shape index (κ3) is 3.93. The van der Waals surface area contributed by atoms with Crippen LogP contribution in [0.25, 0.3) is 0 Å². The number of carbonyl (C=O) groups is 1. The van der Waals surface area contributed by atoms with Crippen LogP contribution in [0.4, 0.5) is 21.9 Å². The van der Waals surface area contributed by atoms with Crippen LogP contribution in [0.5, 0.6) is 0 Å². The van der Waals surface area contributed by atoms with E-state index in [4.69, 9.17) is 10.5 Å². The number of ether oxygens (including phenoxy) is 1. The molecule has 0 bridgehead atoms. The number of nitrogens with one attached hydrogen (secondary N) is 1. The SMILES string of the molecule is Nc1ccc(NC(=O)OCc2ccccc2)cc1[N+](=O)[O-]. The van der Waals surface area contributed by atoms with Crippen molar-refractivity contribution in [3.63, 3.8) is 0 Å². The Hall–Kier alpha value is -3.09. The number of nitro benzene ring substituents is 1. The van der Waals surface area contributed by atoms with Gasteiger partial charge in [-0.15, -0.1) is 0 Å². The van der Waals surface area contributed by atoms with Crippen LogP contribution in [-0.2, 0) is 11.3 Å². The molecule has 0 aliphatic heterocycles. The number of nitrogens with zero attached hydrogens (tertiary/aromatic N) is 1. The molecule has 7 heteroatoms. The molecule has 0 aromatic heterocycles. The number of amides is 1. The minimum Gasteiger partial charge on any atom is -0.444 e. The number of rotatable bonds is 4. The fourth-order valence-electron chi connectivity index (χ4n) is 1.66. The molecule has 0 heterocycles. The molecule has 2 aromatic carbocycles. The second kappa shape index (κ2) is 6.38. The highest BCUT2D eigenvalue weighted by atomic mass is 16.6. The van der Waals surface area contributed by atoms with E-state index in [1.165, 1.54) is 18.2 Å². The molecule has 2 rings (SSSR count).